The zero-order valence-corrected chi connectivity index (χ0v) is 15.5. The molecule has 1 N–H and O–H groups in total. The summed E-state index contributed by atoms with van der Waals surface area (Å²) in [4.78, 5) is 20.9. The summed E-state index contributed by atoms with van der Waals surface area (Å²) in [6, 6.07) is 3.71. The molecule has 0 saturated carbocycles. The van der Waals surface area contributed by atoms with Crippen LogP contribution >= 0.6 is 11.3 Å². The first-order valence-electron chi connectivity index (χ1n) is 8.92. The Hall–Kier alpha value is -2.42. The van der Waals surface area contributed by atoms with Crippen LogP contribution in [-0.2, 0) is 0 Å². The number of carbonyl (C=O) groups excluding carboxylic acids is 1. The number of pyridine rings is 1. The van der Waals surface area contributed by atoms with E-state index in [9.17, 15) is 4.79 Å². The van der Waals surface area contributed by atoms with Crippen molar-refractivity contribution in [3.8, 4) is 5.75 Å². The molecule has 1 atom stereocenters. The molecule has 0 unspecified atom stereocenters. The van der Waals surface area contributed by atoms with Crippen LogP contribution in [0.5, 0.6) is 5.75 Å². The van der Waals surface area contributed by atoms with E-state index in [1.807, 2.05) is 19.1 Å². The number of anilines is 2. The molecule has 0 spiro atoms. The zero-order valence-electron chi connectivity index (χ0n) is 14.7. The maximum absolute atomic E-state index is 12.4. The fourth-order valence-electron chi connectivity index (χ4n) is 3.35. The van der Waals surface area contributed by atoms with Crippen molar-refractivity contribution in [1.29, 1.82) is 0 Å². The molecule has 2 aliphatic rings. The van der Waals surface area contributed by atoms with Gasteiger partial charge in [0.1, 0.15) is 11.1 Å². The van der Waals surface area contributed by atoms with Gasteiger partial charge in [-0.25, -0.2) is 9.78 Å². The lowest BCUT2D eigenvalue weighted by molar-refractivity contribution is 0.195. The van der Waals surface area contributed by atoms with Gasteiger partial charge in [0, 0.05) is 32.3 Å². The summed E-state index contributed by atoms with van der Waals surface area (Å²) < 4.78 is 6.20. The van der Waals surface area contributed by atoms with Crippen LogP contribution in [0.2, 0.25) is 0 Å². The summed E-state index contributed by atoms with van der Waals surface area (Å²) in [7, 11) is 0. The summed E-state index contributed by atoms with van der Waals surface area (Å²) in [5.41, 5.74) is 0. The normalized spacial score (nSPS) is 19.8. The molecule has 2 aliphatic heterocycles. The van der Waals surface area contributed by atoms with Gasteiger partial charge in [-0.2, -0.15) is 0 Å². The van der Waals surface area contributed by atoms with Crippen LogP contribution in [0.15, 0.2) is 18.3 Å². The lowest BCUT2D eigenvalue weighted by atomic mass is 10.3. The maximum atomic E-state index is 12.4. The van der Waals surface area contributed by atoms with Crippen LogP contribution in [0.1, 0.15) is 24.3 Å². The molecule has 8 nitrogen and oxygen atoms in total. The summed E-state index contributed by atoms with van der Waals surface area (Å²) in [5.74, 6) is 1.72. The van der Waals surface area contributed by atoms with Crippen LogP contribution in [0, 0.1) is 6.92 Å². The second-order valence-electron chi connectivity index (χ2n) is 6.55. The number of rotatable bonds is 4. The Balaban J connectivity index is 1.36. The highest BCUT2D eigenvalue weighted by atomic mass is 32.1. The molecule has 2 amide bonds. The number of nitrogens with zero attached hydrogens (tertiary/aromatic N) is 5. The second kappa shape index (κ2) is 7.45. The summed E-state index contributed by atoms with van der Waals surface area (Å²) in [6.45, 7) is 5.12. The third kappa shape index (κ3) is 3.72. The molecule has 0 aromatic carbocycles. The van der Waals surface area contributed by atoms with Gasteiger partial charge in [-0.15, -0.1) is 10.2 Å². The average molecular weight is 374 g/mol. The number of aromatic nitrogens is 3. The summed E-state index contributed by atoms with van der Waals surface area (Å²) in [6.07, 6.45) is 4.97. The highest BCUT2D eigenvalue weighted by Crippen LogP contribution is 2.30. The number of hydrogen-bond acceptors (Lipinski definition) is 7. The standard InChI is InChI=1S/C17H22N6O2S/c1-12-20-21-16(26-12)19-17(24)23-10-6-13(11-23)25-14-5-4-7-18-15(14)22-8-2-3-9-22/h4-5,7,13H,2-3,6,8-11H2,1H3,(H,19,21,24)/t13-/m1/s1. The highest BCUT2D eigenvalue weighted by molar-refractivity contribution is 7.15. The van der Waals surface area contributed by atoms with Crippen LogP contribution in [0.4, 0.5) is 15.7 Å². The van der Waals surface area contributed by atoms with Crippen LogP contribution in [0.3, 0.4) is 0 Å². The molecule has 0 radical (unpaired) electrons. The van der Waals surface area contributed by atoms with E-state index in [1.54, 1.807) is 11.1 Å². The van der Waals surface area contributed by atoms with Gasteiger partial charge >= 0.3 is 6.03 Å². The van der Waals surface area contributed by atoms with E-state index in [1.165, 1.54) is 24.2 Å². The Bertz CT molecular complexity index is 776. The predicted molar refractivity (Wildman–Crippen MR) is 100.0 cm³/mol. The van der Waals surface area contributed by atoms with Gasteiger partial charge in [0.25, 0.3) is 0 Å². The summed E-state index contributed by atoms with van der Waals surface area (Å²) in [5, 5.41) is 12.0. The van der Waals surface area contributed by atoms with E-state index in [4.69, 9.17) is 4.74 Å². The predicted octanol–water partition coefficient (Wildman–Crippen LogP) is 2.53. The Morgan fingerprint density at radius 2 is 2.15 bits per heavy atom. The van der Waals surface area contributed by atoms with Crippen LogP contribution in [0.25, 0.3) is 0 Å². The van der Waals surface area contributed by atoms with E-state index in [0.29, 0.717) is 18.2 Å². The van der Waals surface area contributed by atoms with Gasteiger partial charge < -0.3 is 14.5 Å². The first-order valence-corrected chi connectivity index (χ1v) is 9.73. The quantitative estimate of drug-likeness (QED) is 0.885. The first kappa shape index (κ1) is 17.0. The largest absolute Gasteiger partial charge is 0.485 e. The van der Waals surface area contributed by atoms with Gasteiger partial charge in [0.05, 0.1) is 6.54 Å². The van der Waals surface area contributed by atoms with Gasteiger partial charge in [-0.1, -0.05) is 11.3 Å². The van der Waals surface area contributed by atoms with Gasteiger partial charge in [0.2, 0.25) is 5.13 Å². The van der Waals surface area contributed by atoms with Crippen molar-refractivity contribution in [2.45, 2.75) is 32.3 Å². The molecule has 138 valence electrons. The Morgan fingerprint density at radius 3 is 2.92 bits per heavy atom. The molecule has 2 aromatic rings. The zero-order chi connectivity index (χ0) is 17.9. The van der Waals surface area contributed by atoms with Gasteiger partial charge in [0.15, 0.2) is 11.6 Å². The Morgan fingerprint density at radius 1 is 1.31 bits per heavy atom. The molecule has 0 aliphatic carbocycles. The third-order valence-corrected chi connectivity index (χ3v) is 5.38. The number of ether oxygens (including phenoxy) is 1. The summed E-state index contributed by atoms with van der Waals surface area (Å²) >= 11 is 1.37. The SMILES string of the molecule is Cc1nnc(NC(=O)N2CC[C@@H](Oc3cccnc3N3CCCC3)C2)s1. The molecule has 4 heterocycles. The van der Waals surface area contributed by atoms with E-state index in [0.717, 1.165) is 36.1 Å². The van der Waals surface area contributed by atoms with Gasteiger partial charge in [-0.05, 0) is 31.9 Å². The average Bonchev–Trinajstić information content (AvgIpc) is 3.38. The number of nitrogens with one attached hydrogen (secondary N) is 1. The monoisotopic (exact) mass is 374 g/mol. The van der Waals surface area contributed by atoms with Crippen molar-refractivity contribution in [3.63, 3.8) is 0 Å². The Kier molecular flexibility index (Phi) is 4.87. The maximum Gasteiger partial charge on any atom is 0.323 e. The van der Waals surface area contributed by atoms with E-state index in [2.05, 4.69) is 25.4 Å². The molecular weight excluding hydrogens is 352 g/mol. The first-order chi connectivity index (χ1) is 12.7. The van der Waals surface area contributed by atoms with Crippen molar-refractivity contribution < 1.29 is 9.53 Å². The fourth-order valence-corrected chi connectivity index (χ4v) is 3.93. The topological polar surface area (TPSA) is 83.5 Å². The molecule has 4 rings (SSSR count). The molecule has 9 heteroatoms. The second-order valence-corrected chi connectivity index (χ2v) is 7.73. The number of hydrogen-bond donors (Lipinski definition) is 1. The number of amides is 2. The van der Waals surface area contributed by atoms with Crippen LogP contribution < -0.4 is 15.0 Å². The molecule has 2 aromatic heterocycles. The van der Waals surface area contributed by atoms with Crippen molar-refractivity contribution in [1.82, 2.24) is 20.1 Å². The van der Waals surface area contributed by atoms with E-state index < -0.39 is 0 Å². The van der Waals surface area contributed by atoms with Gasteiger partial charge in [-0.3, -0.25) is 5.32 Å². The smallest absolute Gasteiger partial charge is 0.323 e. The molecule has 26 heavy (non-hydrogen) atoms. The van der Waals surface area contributed by atoms with E-state index >= 15 is 0 Å². The van der Waals surface area contributed by atoms with Crippen molar-refractivity contribution in [2.75, 3.05) is 36.4 Å². The third-order valence-electron chi connectivity index (χ3n) is 4.62. The van der Waals surface area contributed by atoms with E-state index in [-0.39, 0.29) is 12.1 Å². The number of likely N-dealkylation sites (tertiary alicyclic amines) is 1. The lowest BCUT2D eigenvalue weighted by Crippen LogP contribution is -2.34. The minimum atomic E-state index is -0.154. The number of carbonyl (C=O) groups is 1. The van der Waals surface area contributed by atoms with Crippen molar-refractivity contribution in [2.24, 2.45) is 0 Å². The number of aryl methyl sites for hydroxylation is 1. The molecular formula is C17H22N6O2S. The van der Waals surface area contributed by atoms with Crippen LogP contribution in [-0.4, -0.2) is 58.4 Å². The number of urea groups is 1. The Labute approximate surface area is 156 Å². The molecule has 2 saturated heterocycles. The molecule has 2 fully saturated rings. The molecule has 0 bridgehead atoms. The lowest BCUT2D eigenvalue weighted by Gasteiger charge is -2.22. The minimum absolute atomic E-state index is 0.0255. The minimum Gasteiger partial charge on any atom is -0.485 e. The van der Waals surface area contributed by atoms with Crippen molar-refractivity contribution >= 4 is 28.3 Å². The fraction of sp³-hybridized carbons (Fsp3) is 0.529. The highest BCUT2D eigenvalue weighted by Gasteiger charge is 2.29. The van der Waals surface area contributed by atoms with Crippen molar-refractivity contribution in [3.05, 3.63) is 23.3 Å².